The van der Waals surface area contributed by atoms with Gasteiger partial charge in [-0.15, -0.1) is 0 Å². The minimum absolute atomic E-state index is 0.0465. The number of amides is 1. The zero-order chi connectivity index (χ0) is 30.6. The molecule has 2 aliphatic heterocycles. The summed E-state index contributed by atoms with van der Waals surface area (Å²) in [5, 5.41) is 10.4. The van der Waals surface area contributed by atoms with E-state index in [0.29, 0.717) is 66.4 Å². The number of anilines is 2. The van der Waals surface area contributed by atoms with E-state index in [9.17, 15) is 13.2 Å². The normalized spacial score (nSPS) is 21.5. The van der Waals surface area contributed by atoms with Crippen molar-refractivity contribution in [3.63, 3.8) is 0 Å². The largest absolute Gasteiger partial charge is 0.378 e. The summed E-state index contributed by atoms with van der Waals surface area (Å²) in [5.41, 5.74) is 1.71. The molecule has 2 atom stereocenters. The highest BCUT2D eigenvalue weighted by atomic mass is 32.2. The summed E-state index contributed by atoms with van der Waals surface area (Å²) < 4.78 is 48.3. The summed E-state index contributed by atoms with van der Waals surface area (Å²) >= 11 is 0. The van der Waals surface area contributed by atoms with Gasteiger partial charge >= 0.3 is 0 Å². The lowest BCUT2D eigenvalue weighted by atomic mass is 10.00. The fourth-order valence-electron chi connectivity index (χ4n) is 5.70. The number of halogens is 1. The molecule has 0 bridgehead atoms. The molecule has 6 heterocycles. The molecule has 3 fully saturated rings. The Morgan fingerprint density at radius 2 is 1.93 bits per heavy atom. The van der Waals surface area contributed by atoms with Gasteiger partial charge in [0, 0.05) is 49.2 Å². The third-order valence-corrected chi connectivity index (χ3v) is 10.5. The minimum Gasteiger partial charge on any atom is -0.378 e. The Hall–Kier alpha value is -3.95. The number of ether oxygens (including phenoxy) is 1. The molecule has 15 heteroatoms. The van der Waals surface area contributed by atoms with Crippen molar-refractivity contribution in [3.05, 3.63) is 48.7 Å². The average Bonchev–Trinajstić information content (AvgIpc) is 3.59. The summed E-state index contributed by atoms with van der Waals surface area (Å²) in [6.45, 7) is 6.32. The average molecular weight is 624 g/mol. The van der Waals surface area contributed by atoms with Crippen LogP contribution in [0.4, 0.5) is 16.0 Å². The van der Waals surface area contributed by atoms with E-state index in [0.717, 1.165) is 16.1 Å². The Bertz CT molecular complexity index is 1820. The van der Waals surface area contributed by atoms with E-state index in [1.54, 1.807) is 24.7 Å². The second-order valence-electron chi connectivity index (χ2n) is 11.9. The first-order valence-corrected chi connectivity index (χ1v) is 16.3. The molecule has 232 valence electrons. The molecular formula is C29H34FN9O4S. The SMILES string of the molecule is CC(C)n1cc(C(=O)NC2CCN(C3COC3)C[C@@H]2F)c2cnc(Nc3ccnc(-c4cnn(S(=O)(=O)C5CC5)c4)n3)cc21. The highest BCUT2D eigenvalue weighted by Crippen LogP contribution is 2.31. The summed E-state index contributed by atoms with van der Waals surface area (Å²) in [7, 11) is -3.49. The van der Waals surface area contributed by atoms with Crippen LogP contribution in [-0.2, 0) is 14.8 Å². The number of likely N-dealkylation sites (tertiary alicyclic amines) is 1. The van der Waals surface area contributed by atoms with Crippen molar-refractivity contribution in [2.75, 3.05) is 31.6 Å². The maximum Gasteiger partial charge on any atom is 0.256 e. The molecule has 0 radical (unpaired) electrons. The number of alkyl halides is 1. The quantitative estimate of drug-likeness (QED) is 0.285. The van der Waals surface area contributed by atoms with Crippen LogP contribution in [0.25, 0.3) is 22.3 Å². The predicted molar refractivity (Wildman–Crippen MR) is 161 cm³/mol. The Balaban J connectivity index is 1.09. The lowest BCUT2D eigenvalue weighted by molar-refractivity contribution is -0.0814. The van der Waals surface area contributed by atoms with E-state index in [1.165, 1.54) is 12.4 Å². The molecule has 0 spiro atoms. The molecule has 2 N–H and O–H groups in total. The third kappa shape index (κ3) is 5.43. The van der Waals surface area contributed by atoms with Gasteiger partial charge in [-0.05, 0) is 39.2 Å². The molecule has 44 heavy (non-hydrogen) atoms. The molecule has 1 unspecified atom stereocenters. The van der Waals surface area contributed by atoms with Gasteiger partial charge in [-0.2, -0.15) is 9.19 Å². The number of hydrogen-bond acceptors (Lipinski definition) is 10. The van der Waals surface area contributed by atoms with E-state index < -0.39 is 22.2 Å². The van der Waals surface area contributed by atoms with E-state index in [-0.39, 0.29) is 29.8 Å². The molecule has 1 saturated carbocycles. The van der Waals surface area contributed by atoms with Crippen LogP contribution in [0.3, 0.4) is 0 Å². The second kappa shape index (κ2) is 11.2. The van der Waals surface area contributed by atoms with Gasteiger partial charge in [-0.3, -0.25) is 9.69 Å². The van der Waals surface area contributed by atoms with Gasteiger partial charge in [-0.1, -0.05) is 0 Å². The molecular weight excluding hydrogens is 589 g/mol. The number of hydrogen-bond donors (Lipinski definition) is 2. The van der Waals surface area contributed by atoms with Crippen LogP contribution < -0.4 is 10.6 Å². The zero-order valence-corrected chi connectivity index (χ0v) is 25.2. The number of piperidine rings is 1. The van der Waals surface area contributed by atoms with Crippen molar-refractivity contribution < 1.29 is 22.3 Å². The number of carbonyl (C=O) groups excluding carboxylic acids is 1. The molecule has 13 nitrogen and oxygen atoms in total. The molecule has 3 aliphatic rings. The van der Waals surface area contributed by atoms with Crippen LogP contribution >= 0.6 is 0 Å². The van der Waals surface area contributed by atoms with Crippen molar-refractivity contribution in [2.24, 2.45) is 0 Å². The topological polar surface area (TPSA) is 149 Å². The minimum atomic E-state index is -3.49. The number of fused-ring (bicyclic) bond motifs is 1. The van der Waals surface area contributed by atoms with Crippen molar-refractivity contribution in [1.29, 1.82) is 0 Å². The van der Waals surface area contributed by atoms with Gasteiger partial charge in [-0.25, -0.2) is 27.8 Å². The van der Waals surface area contributed by atoms with Crippen molar-refractivity contribution in [2.45, 2.75) is 62.7 Å². The fraction of sp³-hybridized carbons (Fsp3) is 0.483. The fourth-order valence-corrected chi connectivity index (χ4v) is 7.18. The molecule has 1 aliphatic carbocycles. The first-order valence-electron chi connectivity index (χ1n) is 14.8. The monoisotopic (exact) mass is 623 g/mol. The van der Waals surface area contributed by atoms with Gasteiger partial charge in [0.1, 0.15) is 17.8 Å². The van der Waals surface area contributed by atoms with Crippen LogP contribution in [0.5, 0.6) is 0 Å². The van der Waals surface area contributed by atoms with Crippen LogP contribution in [0.2, 0.25) is 0 Å². The number of pyridine rings is 1. The van der Waals surface area contributed by atoms with E-state index in [1.807, 2.05) is 24.5 Å². The Morgan fingerprint density at radius 1 is 1.11 bits per heavy atom. The Morgan fingerprint density at radius 3 is 2.64 bits per heavy atom. The summed E-state index contributed by atoms with van der Waals surface area (Å²) in [5.74, 6) is 0.942. The number of aromatic nitrogens is 6. The van der Waals surface area contributed by atoms with Gasteiger partial charge in [0.2, 0.25) is 0 Å². The number of rotatable bonds is 9. The zero-order valence-electron chi connectivity index (χ0n) is 24.4. The molecule has 7 rings (SSSR count). The van der Waals surface area contributed by atoms with Crippen LogP contribution in [0, 0.1) is 0 Å². The van der Waals surface area contributed by atoms with Crippen molar-refractivity contribution >= 4 is 38.5 Å². The van der Waals surface area contributed by atoms with E-state index in [4.69, 9.17) is 4.74 Å². The lowest BCUT2D eigenvalue weighted by Gasteiger charge is -2.42. The molecule has 4 aromatic rings. The second-order valence-corrected chi connectivity index (χ2v) is 14.0. The van der Waals surface area contributed by atoms with Gasteiger partial charge in [0.05, 0.1) is 59.6 Å². The summed E-state index contributed by atoms with van der Waals surface area (Å²) in [6.07, 6.45) is 8.52. The number of carbonyl (C=O) groups is 1. The number of nitrogens with one attached hydrogen (secondary N) is 2. The molecule has 0 aromatic carbocycles. The lowest BCUT2D eigenvalue weighted by Crippen LogP contribution is -2.58. The maximum atomic E-state index is 15.1. The highest BCUT2D eigenvalue weighted by molar-refractivity contribution is 7.90. The van der Waals surface area contributed by atoms with Crippen LogP contribution in [0.1, 0.15) is 49.5 Å². The van der Waals surface area contributed by atoms with Crippen LogP contribution in [0.15, 0.2) is 43.1 Å². The standard InChI is InChI=1S/C29H34FN9O4S/c1-17(2)38-13-22(29(40)34-24-6-8-37(14-23(24)30)19-15-43-16-19)21-11-32-27(9-25(21)38)35-26-5-7-31-28(36-26)18-10-33-39(12-18)44(41,42)20-3-4-20/h5,7,9-13,17,19-20,23-24H,3-4,6,8,14-16H2,1-2H3,(H,34,40)(H,31,32,35,36)/t23-,24?/m0/s1. The summed E-state index contributed by atoms with van der Waals surface area (Å²) in [6, 6.07) is 3.28. The van der Waals surface area contributed by atoms with Crippen molar-refractivity contribution in [3.8, 4) is 11.4 Å². The van der Waals surface area contributed by atoms with E-state index >= 15 is 4.39 Å². The van der Waals surface area contributed by atoms with E-state index in [2.05, 4.69) is 35.6 Å². The van der Waals surface area contributed by atoms with Gasteiger partial charge in [0.25, 0.3) is 15.9 Å². The van der Waals surface area contributed by atoms with Crippen LogP contribution in [-0.4, -0.2) is 97.7 Å². The highest BCUT2D eigenvalue weighted by Gasteiger charge is 2.38. The maximum absolute atomic E-state index is 15.1. The molecule has 2 saturated heterocycles. The van der Waals surface area contributed by atoms with Gasteiger partial charge < -0.3 is 19.9 Å². The van der Waals surface area contributed by atoms with Gasteiger partial charge in [0.15, 0.2) is 5.82 Å². The Labute approximate surface area is 253 Å². The predicted octanol–water partition coefficient (Wildman–Crippen LogP) is 2.90. The Kier molecular flexibility index (Phi) is 7.33. The third-order valence-electron chi connectivity index (χ3n) is 8.48. The first kappa shape index (κ1) is 28.8. The summed E-state index contributed by atoms with van der Waals surface area (Å²) in [4.78, 5) is 28.9. The smallest absolute Gasteiger partial charge is 0.256 e. The molecule has 1 amide bonds. The van der Waals surface area contributed by atoms with Crippen molar-refractivity contribution in [1.82, 2.24) is 38.9 Å². The number of nitrogens with zero attached hydrogens (tertiary/aromatic N) is 7. The molecule has 4 aromatic heterocycles. The first-order chi connectivity index (χ1) is 21.2.